The predicted molar refractivity (Wildman–Crippen MR) is 115 cm³/mol. The molecule has 0 aliphatic rings. The van der Waals surface area contributed by atoms with Gasteiger partial charge in [-0.3, -0.25) is 4.21 Å². The first-order valence-electron chi connectivity index (χ1n) is 9.67. The quantitative estimate of drug-likeness (QED) is 0.429. The van der Waals surface area contributed by atoms with Crippen molar-refractivity contribution in [3.8, 4) is 22.5 Å². The van der Waals surface area contributed by atoms with E-state index in [2.05, 4.69) is 12.0 Å². The molecule has 29 heavy (non-hydrogen) atoms. The molecule has 2 heterocycles. The van der Waals surface area contributed by atoms with E-state index in [1.54, 1.807) is 22.7 Å². The van der Waals surface area contributed by atoms with Gasteiger partial charge in [-0.1, -0.05) is 43.2 Å². The summed E-state index contributed by atoms with van der Waals surface area (Å²) in [5.41, 5.74) is 5.18. The van der Waals surface area contributed by atoms with Gasteiger partial charge in [-0.2, -0.15) is 5.10 Å². The van der Waals surface area contributed by atoms with Crippen molar-refractivity contribution < 1.29 is 8.60 Å². The normalized spacial score (nSPS) is 12.4. The van der Waals surface area contributed by atoms with Crippen LogP contribution in [0.25, 0.3) is 28.2 Å². The molecular weight excluding hydrogens is 385 g/mol. The van der Waals surface area contributed by atoms with Crippen molar-refractivity contribution in [2.24, 2.45) is 0 Å². The van der Waals surface area contributed by atoms with Crippen molar-refractivity contribution in [3.05, 3.63) is 72.0 Å². The third kappa shape index (κ3) is 4.12. The van der Waals surface area contributed by atoms with Crippen molar-refractivity contribution in [2.45, 2.75) is 31.7 Å². The molecule has 1 unspecified atom stereocenters. The Morgan fingerprint density at radius 2 is 1.69 bits per heavy atom. The molecule has 0 saturated heterocycles. The molecule has 0 spiro atoms. The fraction of sp³-hybridized carbons (Fsp3) is 0.217. The SMILES string of the molecule is CCCCS(=O)c1cc2nc(-c3ccc(C)cc3)cc(-c3ccc(F)cc3)n2n1. The van der Waals surface area contributed by atoms with E-state index in [9.17, 15) is 8.60 Å². The molecule has 4 aromatic rings. The van der Waals surface area contributed by atoms with Gasteiger partial charge >= 0.3 is 0 Å². The summed E-state index contributed by atoms with van der Waals surface area (Å²) in [6, 6.07) is 18.2. The molecule has 0 radical (unpaired) electrons. The van der Waals surface area contributed by atoms with E-state index in [-0.39, 0.29) is 5.82 Å². The van der Waals surface area contributed by atoms with Crippen LogP contribution in [0.4, 0.5) is 4.39 Å². The highest BCUT2D eigenvalue weighted by Gasteiger charge is 2.15. The molecule has 2 aromatic heterocycles. The number of aryl methyl sites for hydroxylation is 1. The van der Waals surface area contributed by atoms with Crippen LogP contribution < -0.4 is 0 Å². The maximum absolute atomic E-state index is 13.5. The molecule has 0 amide bonds. The molecule has 1 atom stereocenters. The zero-order valence-electron chi connectivity index (χ0n) is 16.4. The lowest BCUT2D eigenvalue weighted by atomic mass is 10.1. The second-order valence-corrected chi connectivity index (χ2v) is 8.57. The summed E-state index contributed by atoms with van der Waals surface area (Å²) in [5, 5.41) is 5.10. The Morgan fingerprint density at radius 3 is 2.38 bits per heavy atom. The third-order valence-corrected chi connectivity index (χ3v) is 6.13. The van der Waals surface area contributed by atoms with Gasteiger partial charge in [-0.05, 0) is 43.7 Å². The summed E-state index contributed by atoms with van der Waals surface area (Å²) in [4.78, 5) is 4.75. The van der Waals surface area contributed by atoms with Gasteiger partial charge in [0.1, 0.15) is 5.82 Å². The summed E-state index contributed by atoms with van der Waals surface area (Å²) in [5.74, 6) is 0.288. The molecular formula is C23H22FN3OS. The summed E-state index contributed by atoms with van der Waals surface area (Å²) >= 11 is 0. The summed E-state index contributed by atoms with van der Waals surface area (Å²) in [6.07, 6.45) is 1.86. The van der Waals surface area contributed by atoms with Gasteiger partial charge in [0.05, 0.1) is 22.2 Å². The zero-order chi connectivity index (χ0) is 20.4. The molecule has 0 fully saturated rings. The average Bonchev–Trinajstić information content (AvgIpc) is 3.17. The van der Waals surface area contributed by atoms with Crippen molar-refractivity contribution >= 4 is 16.4 Å². The lowest BCUT2D eigenvalue weighted by molar-refractivity contribution is 0.628. The number of nitrogens with zero attached hydrogens (tertiary/aromatic N) is 3. The molecule has 148 valence electrons. The zero-order valence-corrected chi connectivity index (χ0v) is 17.2. The first-order valence-corrected chi connectivity index (χ1v) is 11.0. The number of benzene rings is 2. The number of rotatable bonds is 6. The smallest absolute Gasteiger partial charge is 0.157 e. The molecule has 0 aliphatic carbocycles. The summed E-state index contributed by atoms with van der Waals surface area (Å²) in [7, 11) is -1.17. The number of halogens is 1. The summed E-state index contributed by atoms with van der Waals surface area (Å²) < 4.78 is 27.8. The van der Waals surface area contributed by atoms with Gasteiger partial charge in [0.2, 0.25) is 0 Å². The molecule has 0 N–H and O–H groups in total. The van der Waals surface area contributed by atoms with E-state index < -0.39 is 10.8 Å². The van der Waals surface area contributed by atoms with Crippen LogP contribution in [-0.4, -0.2) is 24.6 Å². The number of aromatic nitrogens is 3. The first kappa shape index (κ1) is 19.5. The Hall–Kier alpha value is -2.86. The van der Waals surface area contributed by atoms with Crippen LogP contribution in [0.3, 0.4) is 0 Å². The minimum Gasteiger partial charge on any atom is -0.253 e. The Balaban J connectivity index is 1.88. The highest BCUT2D eigenvalue weighted by molar-refractivity contribution is 7.84. The van der Waals surface area contributed by atoms with Gasteiger partial charge in [-0.25, -0.2) is 13.9 Å². The van der Waals surface area contributed by atoms with E-state index in [0.717, 1.165) is 35.4 Å². The van der Waals surface area contributed by atoms with Crippen molar-refractivity contribution in [1.82, 2.24) is 14.6 Å². The minimum atomic E-state index is -1.17. The Bertz CT molecular complexity index is 1170. The van der Waals surface area contributed by atoms with Gasteiger partial charge in [0.15, 0.2) is 10.7 Å². The minimum absolute atomic E-state index is 0.292. The molecule has 0 bridgehead atoms. The number of hydrogen-bond donors (Lipinski definition) is 0. The van der Waals surface area contributed by atoms with E-state index in [1.165, 1.54) is 17.7 Å². The van der Waals surface area contributed by atoms with Crippen molar-refractivity contribution in [1.29, 1.82) is 0 Å². The number of hydrogen-bond acceptors (Lipinski definition) is 3. The lowest BCUT2D eigenvalue weighted by Crippen LogP contribution is -2.01. The topological polar surface area (TPSA) is 47.3 Å². The van der Waals surface area contributed by atoms with Crippen molar-refractivity contribution in [2.75, 3.05) is 5.75 Å². The largest absolute Gasteiger partial charge is 0.253 e. The van der Waals surface area contributed by atoms with Gasteiger partial charge in [0.25, 0.3) is 0 Å². The fourth-order valence-corrected chi connectivity index (χ4v) is 4.31. The standard InChI is InChI=1S/C23H22FN3OS/c1-3-4-13-29(28)23-15-22-25-20(17-7-5-16(2)6-8-17)14-21(27(22)26-23)18-9-11-19(24)12-10-18/h5-12,14-15H,3-4,13H2,1-2H3. The summed E-state index contributed by atoms with van der Waals surface area (Å²) in [6.45, 7) is 4.11. The maximum Gasteiger partial charge on any atom is 0.157 e. The molecule has 2 aromatic carbocycles. The molecule has 4 rings (SSSR count). The molecule has 0 aliphatic heterocycles. The Morgan fingerprint density at radius 1 is 1.00 bits per heavy atom. The van der Waals surface area contributed by atoms with Crippen LogP contribution in [-0.2, 0) is 10.8 Å². The lowest BCUT2D eigenvalue weighted by Gasteiger charge is -2.09. The van der Waals surface area contributed by atoms with Crippen LogP contribution in [0.5, 0.6) is 0 Å². The number of unbranched alkanes of at least 4 members (excludes halogenated alkanes) is 1. The van der Waals surface area contributed by atoms with Crippen LogP contribution in [0.15, 0.2) is 65.7 Å². The highest BCUT2D eigenvalue weighted by atomic mass is 32.2. The van der Waals surface area contributed by atoms with Gasteiger partial charge < -0.3 is 0 Å². The van der Waals surface area contributed by atoms with Gasteiger partial charge in [-0.15, -0.1) is 0 Å². The average molecular weight is 408 g/mol. The Kier molecular flexibility index (Phi) is 5.53. The van der Waals surface area contributed by atoms with E-state index in [0.29, 0.717) is 16.4 Å². The molecule has 6 heteroatoms. The van der Waals surface area contributed by atoms with Crippen LogP contribution >= 0.6 is 0 Å². The second kappa shape index (κ2) is 8.25. The predicted octanol–water partition coefficient (Wildman–Crippen LogP) is 5.42. The van der Waals surface area contributed by atoms with E-state index >= 15 is 0 Å². The van der Waals surface area contributed by atoms with E-state index in [4.69, 9.17) is 4.98 Å². The third-order valence-electron chi connectivity index (χ3n) is 4.81. The maximum atomic E-state index is 13.5. The molecule has 4 nitrogen and oxygen atoms in total. The highest BCUT2D eigenvalue weighted by Crippen LogP contribution is 2.27. The van der Waals surface area contributed by atoms with Gasteiger partial charge in [0, 0.05) is 22.9 Å². The van der Waals surface area contributed by atoms with Crippen LogP contribution in [0.2, 0.25) is 0 Å². The monoisotopic (exact) mass is 407 g/mol. The number of fused-ring (bicyclic) bond motifs is 1. The molecule has 0 saturated carbocycles. The van der Waals surface area contributed by atoms with Crippen molar-refractivity contribution in [3.63, 3.8) is 0 Å². The Labute approximate surface area is 171 Å². The first-order chi connectivity index (χ1) is 14.0. The fourth-order valence-electron chi connectivity index (χ4n) is 3.14. The van der Waals surface area contributed by atoms with Crippen LogP contribution in [0.1, 0.15) is 25.3 Å². The second-order valence-electron chi connectivity index (χ2n) is 7.06. The van der Waals surface area contributed by atoms with Crippen LogP contribution in [0, 0.1) is 12.7 Å². The van der Waals surface area contributed by atoms with E-state index in [1.807, 2.05) is 37.3 Å².